The molecule has 0 bridgehead atoms. The summed E-state index contributed by atoms with van der Waals surface area (Å²) < 4.78 is 40.2. The third kappa shape index (κ3) is 11.5. The molecule has 2 aliphatic heterocycles. The summed E-state index contributed by atoms with van der Waals surface area (Å²) in [5, 5.41) is 4.74. The molecule has 4 N–H and O–H groups in total. The van der Waals surface area contributed by atoms with Gasteiger partial charge in [0.25, 0.3) is 0 Å². The SMILES string of the molecule is CC(C)(C)OC(=O)N1CCC(N)C1.Cl.Cl.O=C(NC1CCNC1)C(F)(F)F. The van der Waals surface area contributed by atoms with Crippen molar-refractivity contribution in [2.24, 2.45) is 5.73 Å². The molecule has 0 saturated carbocycles. The van der Waals surface area contributed by atoms with Crippen LogP contribution in [0.1, 0.15) is 33.6 Å². The van der Waals surface area contributed by atoms with Gasteiger partial charge >= 0.3 is 18.2 Å². The van der Waals surface area contributed by atoms with Gasteiger partial charge in [-0.3, -0.25) is 4.79 Å². The van der Waals surface area contributed by atoms with Gasteiger partial charge in [-0.25, -0.2) is 4.79 Å². The second kappa shape index (κ2) is 11.8. The number of nitrogens with zero attached hydrogens (tertiary/aromatic N) is 1. The Morgan fingerprint density at radius 1 is 1.19 bits per heavy atom. The molecule has 0 aliphatic carbocycles. The number of carbonyl (C=O) groups is 2. The minimum atomic E-state index is -4.76. The Hall–Kier alpha value is -0.970. The highest BCUT2D eigenvalue weighted by Gasteiger charge is 2.39. The van der Waals surface area contributed by atoms with Gasteiger partial charge in [0.15, 0.2) is 0 Å². The van der Waals surface area contributed by atoms with E-state index in [0.717, 1.165) is 13.0 Å². The molecule has 12 heteroatoms. The van der Waals surface area contributed by atoms with Crippen LogP contribution in [0.3, 0.4) is 0 Å². The normalized spacial score (nSPS) is 22.0. The van der Waals surface area contributed by atoms with Crippen LogP contribution in [0.15, 0.2) is 0 Å². The molecule has 27 heavy (non-hydrogen) atoms. The summed E-state index contributed by atoms with van der Waals surface area (Å²) in [5.74, 6) is -1.85. The standard InChI is InChI=1S/C9H18N2O2.C6H9F3N2O.2ClH/c1-9(2,3)13-8(12)11-5-4-7(10)6-11;7-6(8,9)5(12)11-4-1-2-10-3-4;;/h7H,4-6,10H2,1-3H3;4,10H,1-3H2,(H,11,12);2*1H. The van der Waals surface area contributed by atoms with Gasteiger partial charge in [-0.2, -0.15) is 13.2 Å². The van der Waals surface area contributed by atoms with Crippen molar-refractivity contribution in [3.05, 3.63) is 0 Å². The largest absolute Gasteiger partial charge is 0.471 e. The van der Waals surface area contributed by atoms with E-state index in [0.29, 0.717) is 26.1 Å². The fourth-order valence-electron chi connectivity index (χ4n) is 2.32. The highest BCUT2D eigenvalue weighted by Crippen LogP contribution is 2.15. The number of nitrogens with one attached hydrogen (secondary N) is 2. The third-order valence-corrected chi connectivity index (χ3v) is 3.53. The van der Waals surface area contributed by atoms with Crippen molar-refractivity contribution in [2.45, 2.75) is 57.5 Å². The van der Waals surface area contributed by atoms with Gasteiger partial charge in [0.2, 0.25) is 0 Å². The van der Waals surface area contributed by atoms with Gasteiger partial charge in [0.1, 0.15) is 5.60 Å². The van der Waals surface area contributed by atoms with Gasteiger partial charge in [0, 0.05) is 31.7 Å². The van der Waals surface area contributed by atoms with Gasteiger partial charge < -0.3 is 26.0 Å². The van der Waals surface area contributed by atoms with E-state index in [1.54, 1.807) is 4.90 Å². The van der Waals surface area contributed by atoms with Crippen LogP contribution in [0, 0.1) is 0 Å². The minimum Gasteiger partial charge on any atom is -0.444 e. The lowest BCUT2D eigenvalue weighted by Crippen LogP contribution is -2.43. The van der Waals surface area contributed by atoms with Crippen molar-refractivity contribution in [3.8, 4) is 0 Å². The summed E-state index contributed by atoms with van der Waals surface area (Å²) in [6.45, 7) is 8.00. The van der Waals surface area contributed by atoms with Gasteiger partial charge in [-0.15, -0.1) is 24.8 Å². The molecule has 2 heterocycles. The molecule has 2 saturated heterocycles. The first-order chi connectivity index (χ1) is 11.4. The van der Waals surface area contributed by atoms with Crippen LogP contribution < -0.4 is 16.4 Å². The molecule has 0 spiro atoms. The van der Waals surface area contributed by atoms with Crippen LogP contribution >= 0.6 is 24.8 Å². The van der Waals surface area contributed by atoms with Crippen molar-refractivity contribution in [1.29, 1.82) is 0 Å². The number of amides is 2. The Morgan fingerprint density at radius 3 is 2.15 bits per heavy atom. The molecule has 2 aliphatic rings. The Balaban J connectivity index is 0. The summed E-state index contributed by atoms with van der Waals surface area (Å²) >= 11 is 0. The smallest absolute Gasteiger partial charge is 0.444 e. The van der Waals surface area contributed by atoms with Gasteiger partial charge in [0.05, 0.1) is 0 Å². The van der Waals surface area contributed by atoms with Crippen LogP contribution in [-0.4, -0.2) is 66.9 Å². The lowest BCUT2D eigenvalue weighted by atomic mass is 10.2. The second-order valence-electron chi connectivity index (χ2n) is 7.14. The van der Waals surface area contributed by atoms with Crippen molar-refractivity contribution in [2.75, 3.05) is 26.2 Å². The Morgan fingerprint density at radius 2 is 1.78 bits per heavy atom. The highest BCUT2D eigenvalue weighted by molar-refractivity contribution is 5.85. The molecule has 0 aromatic carbocycles. The highest BCUT2D eigenvalue weighted by atomic mass is 35.5. The minimum absolute atomic E-state index is 0. The first-order valence-electron chi connectivity index (χ1n) is 8.20. The molecule has 2 fully saturated rings. The van der Waals surface area contributed by atoms with E-state index < -0.39 is 17.7 Å². The Labute approximate surface area is 169 Å². The van der Waals surface area contributed by atoms with Crippen LogP contribution in [0.2, 0.25) is 0 Å². The topological polar surface area (TPSA) is 96.7 Å². The lowest BCUT2D eigenvalue weighted by molar-refractivity contribution is -0.174. The molecule has 2 unspecified atom stereocenters. The molecule has 2 rings (SSSR count). The first-order valence-corrected chi connectivity index (χ1v) is 8.20. The number of likely N-dealkylation sites (tertiary alicyclic amines) is 1. The van der Waals surface area contributed by atoms with Crippen molar-refractivity contribution >= 4 is 36.8 Å². The summed E-state index contributed by atoms with van der Waals surface area (Å²) in [7, 11) is 0. The summed E-state index contributed by atoms with van der Waals surface area (Å²) in [6.07, 6.45) is -3.58. The molecule has 0 aromatic rings. The number of nitrogens with two attached hydrogens (primary N) is 1. The summed E-state index contributed by atoms with van der Waals surface area (Å²) in [5.41, 5.74) is 5.26. The molecule has 162 valence electrons. The third-order valence-electron chi connectivity index (χ3n) is 3.53. The lowest BCUT2D eigenvalue weighted by Gasteiger charge is -2.24. The van der Waals surface area contributed by atoms with Crippen LogP contribution in [0.25, 0.3) is 0 Å². The van der Waals surface area contributed by atoms with Crippen LogP contribution in [0.5, 0.6) is 0 Å². The quantitative estimate of drug-likeness (QED) is 0.577. The molecule has 0 radical (unpaired) electrons. The summed E-state index contributed by atoms with van der Waals surface area (Å²) in [4.78, 5) is 23.5. The van der Waals surface area contributed by atoms with Crippen molar-refractivity contribution in [3.63, 3.8) is 0 Å². The predicted molar refractivity (Wildman–Crippen MR) is 100 cm³/mol. The van der Waals surface area contributed by atoms with Crippen LogP contribution in [0.4, 0.5) is 18.0 Å². The predicted octanol–water partition coefficient (Wildman–Crippen LogP) is 1.82. The number of halogens is 5. The fraction of sp³-hybridized carbons (Fsp3) is 0.867. The molecular formula is C15H29Cl2F3N4O3. The number of hydrogen-bond donors (Lipinski definition) is 3. The van der Waals surface area contributed by atoms with E-state index in [-0.39, 0.29) is 43.0 Å². The van der Waals surface area contributed by atoms with Crippen molar-refractivity contribution < 1.29 is 27.5 Å². The second-order valence-corrected chi connectivity index (χ2v) is 7.14. The Bertz CT molecular complexity index is 470. The van der Waals surface area contributed by atoms with E-state index in [9.17, 15) is 22.8 Å². The maximum absolute atomic E-state index is 11.7. The van der Waals surface area contributed by atoms with E-state index in [1.165, 1.54) is 0 Å². The maximum atomic E-state index is 11.7. The number of alkyl halides is 3. The number of carbonyl (C=O) groups excluding carboxylic acids is 2. The number of hydrogen-bond acceptors (Lipinski definition) is 5. The number of rotatable bonds is 1. The zero-order valence-electron chi connectivity index (χ0n) is 15.6. The fourth-order valence-corrected chi connectivity index (χ4v) is 2.32. The molecule has 2 atom stereocenters. The Kier molecular flexibility index (Phi) is 12.3. The zero-order chi connectivity index (χ0) is 19.3. The monoisotopic (exact) mass is 440 g/mol. The van der Waals surface area contributed by atoms with Gasteiger partial charge in [-0.05, 0) is 40.2 Å². The molecule has 7 nitrogen and oxygen atoms in total. The molecular weight excluding hydrogens is 412 g/mol. The molecule has 2 amide bonds. The maximum Gasteiger partial charge on any atom is 0.471 e. The average Bonchev–Trinajstić information content (AvgIpc) is 3.08. The number of ether oxygens (including phenoxy) is 1. The first kappa shape index (κ1) is 28.2. The summed E-state index contributed by atoms with van der Waals surface area (Å²) in [6, 6.07) is -0.258. The average molecular weight is 441 g/mol. The molecule has 0 aromatic heterocycles. The van der Waals surface area contributed by atoms with Crippen LogP contribution in [-0.2, 0) is 9.53 Å². The van der Waals surface area contributed by atoms with Crippen molar-refractivity contribution in [1.82, 2.24) is 15.5 Å². The van der Waals surface area contributed by atoms with Gasteiger partial charge in [-0.1, -0.05) is 0 Å². The zero-order valence-corrected chi connectivity index (χ0v) is 17.2. The van der Waals surface area contributed by atoms with E-state index in [2.05, 4.69) is 5.32 Å². The van der Waals surface area contributed by atoms with E-state index in [4.69, 9.17) is 10.5 Å². The van der Waals surface area contributed by atoms with E-state index >= 15 is 0 Å². The van der Waals surface area contributed by atoms with E-state index in [1.807, 2.05) is 26.1 Å².